The molecule has 0 spiro atoms. The molecule has 9 nitrogen and oxygen atoms in total. The van der Waals surface area contributed by atoms with E-state index in [9.17, 15) is 14.9 Å². The van der Waals surface area contributed by atoms with Crippen LogP contribution >= 0.6 is 0 Å². The Balaban J connectivity index is 1.70. The van der Waals surface area contributed by atoms with E-state index >= 15 is 0 Å². The van der Waals surface area contributed by atoms with Crippen molar-refractivity contribution < 1.29 is 23.6 Å². The lowest BCUT2D eigenvalue weighted by molar-refractivity contribution is -0.384. The van der Waals surface area contributed by atoms with Crippen LogP contribution in [-0.2, 0) is 16.1 Å². The van der Waals surface area contributed by atoms with Crippen molar-refractivity contribution >= 4 is 11.7 Å². The highest BCUT2D eigenvalue weighted by molar-refractivity contribution is 5.89. The highest BCUT2D eigenvalue weighted by atomic mass is 16.6. The van der Waals surface area contributed by atoms with Crippen LogP contribution in [0, 0.1) is 10.1 Å². The van der Waals surface area contributed by atoms with Crippen molar-refractivity contribution in [3.63, 3.8) is 0 Å². The third-order valence-electron chi connectivity index (χ3n) is 3.87. The molecule has 1 atom stereocenters. The zero-order valence-corrected chi connectivity index (χ0v) is 15.2. The van der Waals surface area contributed by atoms with Crippen LogP contribution in [-0.4, -0.2) is 28.2 Å². The summed E-state index contributed by atoms with van der Waals surface area (Å²) in [5.41, 5.74) is 1.72. The van der Waals surface area contributed by atoms with E-state index in [1.807, 2.05) is 6.07 Å². The van der Waals surface area contributed by atoms with Gasteiger partial charge in [-0.05, 0) is 36.8 Å². The van der Waals surface area contributed by atoms with E-state index in [4.69, 9.17) is 13.9 Å². The predicted molar refractivity (Wildman–Crippen MR) is 97.4 cm³/mol. The molecule has 0 saturated carbocycles. The standard InChI is InChI=1S/C19H17N3O6/c1-12(27-19(23)15-5-3-4-13(10-15)11-26-2)17-20-21-18(28-17)14-6-8-16(9-7-14)22(24)25/h3-10,12H,11H2,1-2H3. The lowest BCUT2D eigenvalue weighted by Crippen LogP contribution is -2.10. The van der Waals surface area contributed by atoms with E-state index in [0.29, 0.717) is 17.7 Å². The molecule has 0 aliphatic carbocycles. The summed E-state index contributed by atoms with van der Waals surface area (Å²) >= 11 is 0. The fourth-order valence-corrected chi connectivity index (χ4v) is 2.47. The Morgan fingerprint density at radius 3 is 2.64 bits per heavy atom. The van der Waals surface area contributed by atoms with E-state index in [1.165, 1.54) is 24.3 Å². The average Bonchev–Trinajstić information content (AvgIpc) is 3.19. The summed E-state index contributed by atoms with van der Waals surface area (Å²) in [5, 5.41) is 18.5. The molecule has 0 radical (unpaired) electrons. The quantitative estimate of drug-likeness (QED) is 0.344. The fourth-order valence-electron chi connectivity index (χ4n) is 2.47. The molecule has 3 aromatic rings. The van der Waals surface area contributed by atoms with E-state index < -0.39 is 17.0 Å². The Bertz CT molecular complexity index is 983. The van der Waals surface area contributed by atoms with Crippen molar-refractivity contribution in [2.75, 3.05) is 7.11 Å². The molecule has 144 valence electrons. The smallest absolute Gasteiger partial charge is 0.338 e. The molecule has 0 fully saturated rings. The van der Waals surface area contributed by atoms with Gasteiger partial charge in [0, 0.05) is 24.8 Å². The number of nitro groups is 1. The van der Waals surface area contributed by atoms with Crippen LogP contribution in [0.1, 0.15) is 34.8 Å². The highest BCUT2D eigenvalue weighted by Gasteiger charge is 2.20. The summed E-state index contributed by atoms with van der Waals surface area (Å²) in [4.78, 5) is 22.6. The predicted octanol–water partition coefficient (Wildman–Crippen LogP) is 3.71. The maximum atomic E-state index is 12.3. The van der Waals surface area contributed by atoms with Crippen molar-refractivity contribution in [1.82, 2.24) is 10.2 Å². The Morgan fingerprint density at radius 1 is 1.21 bits per heavy atom. The summed E-state index contributed by atoms with van der Waals surface area (Å²) in [6, 6.07) is 12.6. The molecular weight excluding hydrogens is 366 g/mol. The van der Waals surface area contributed by atoms with Gasteiger partial charge in [-0.25, -0.2) is 4.79 Å². The molecule has 0 aliphatic heterocycles. The minimum atomic E-state index is -0.766. The molecule has 9 heteroatoms. The number of hydrogen-bond donors (Lipinski definition) is 0. The number of nitro benzene ring substituents is 1. The lowest BCUT2D eigenvalue weighted by Gasteiger charge is -2.10. The molecule has 0 aliphatic rings. The van der Waals surface area contributed by atoms with E-state index in [2.05, 4.69) is 10.2 Å². The van der Waals surface area contributed by atoms with Crippen molar-refractivity contribution in [2.24, 2.45) is 0 Å². The molecule has 0 amide bonds. The van der Waals surface area contributed by atoms with E-state index in [-0.39, 0.29) is 17.5 Å². The second kappa shape index (κ2) is 8.40. The topological polar surface area (TPSA) is 118 Å². The number of methoxy groups -OCH3 is 1. The molecule has 0 N–H and O–H groups in total. The SMILES string of the molecule is COCc1cccc(C(=O)OC(C)c2nnc(-c3ccc([N+](=O)[O-])cc3)o2)c1. The first-order chi connectivity index (χ1) is 13.5. The normalized spacial score (nSPS) is 11.8. The van der Waals surface area contributed by atoms with Crippen LogP contribution in [0.2, 0.25) is 0 Å². The Hall–Kier alpha value is -3.59. The lowest BCUT2D eigenvalue weighted by atomic mass is 10.1. The van der Waals surface area contributed by atoms with Crippen LogP contribution in [0.15, 0.2) is 52.9 Å². The molecular formula is C19H17N3O6. The first kappa shape index (κ1) is 19.2. The molecule has 1 heterocycles. The van der Waals surface area contributed by atoms with Gasteiger partial charge in [-0.15, -0.1) is 10.2 Å². The first-order valence-corrected chi connectivity index (χ1v) is 8.35. The number of ether oxygens (including phenoxy) is 2. The van der Waals surface area contributed by atoms with Crippen molar-refractivity contribution in [3.8, 4) is 11.5 Å². The van der Waals surface area contributed by atoms with Crippen LogP contribution in [0.4, 0.5) is 5.69 Å². The Morgan fingerprint density at radius 2 is 1.96 bits per heavy atom. The number of benzene rings is 2. The number of rotatable bonds is 7. The van der Waals surface area contributed by atoms with Gasteiger partial charge in [-0.3, -0.25) is 10.1 Å². The zero-order chi connectivity index (χ0) is 20.1. The molecule has 2 aromatic carbocycles. The van der Waals surface area contributed by atoms with Gasteiger partial charge in [0.1, 0.15) is 0 Å². The number of carbonyl (C=O) groups excluding carboxylic acids is 1. The van der Waals surface area contributed by atoms with Crippen molar-refractivity contribution in [1.29, 1.82) is 0 Å². The molecule has 1 unspecified atom stereocenters. The van der Waals surface area contributed by atoms with Gasteiger partial charge < -0.3 is 13.9 Å². The number of aromatic nitrogens is 2. The monoisotopic (exact) mass is 383 g/mol. The zero-order valence-electron chi connectivity index (χ0n) is 15.2. The molecule has 3 rings (SSSR count). The first-order valence-electron chi connectivity index (χ1n) is 8.35. The van der Waals surface area contributed by atoms with Gasteiger partial charge in [-0.2, -0.15) is 0 Å². The van der Waals surface area contributed by atoms with Crippen molar-refractivity contribution in [3.05, 3.63) is 75.7 Å². The van der Waals surface area contributed by atoms with E-state index in [1.54, 1.807) is 32.2 Å². The summed E-state index contributed by atoms with van der Waals surface area (Å²) in [6.07, 6.45) is -0.766. The summed E-state index contributed by atoms with van der Waals surface area (Å²) in [6.45, 7) is 2.00. The molecule has 1 aromatic heterocycles. The Kier molecular flexibility index (Phi) is 5.75. The number of carbonyl (C=O) groups is 1. The maximum absolute atomic E-state index is 12.3. The van der Waals surface area contributed by atoms with Gasteiger partial charge in [0.15, 0.2) is 6.10 Å². The van der Waals surface area contributed by atoms with Gasteiger partial charge >= 0.3 is 5.97 Å². The van der Waals surface area contributed by atoms with Crippen LogP contribution in [0.25, 0.3) is 11.5 Å². The van der Waals surface area contributed by atoms with Gasteiger partial charge in [0.25, 0.3) is 11.6 Å². The molecule has 28 heavy (non-hydrogen) atoms. The van der Waals surface area contributed by atoms with Crippen LogP contribution in [0.3, 0.4) is 0 Å². The fraction of sp³-hybridized carbons (Fsp3) is 0.211. The third-order valence-corrected chi connectivity index (χ3v) is 3.87. The number of nitrogens with zero attached hydrogens (tertiary/aromatic N) is 3. The number of hydrogen-bond acceptors (Lipinski definition) is 8. The third kappa shape index (κ3) is 4.38. The number of esters is 1. The largest absolute Gasteiger partial charge is 0.449 e. The van der Waals surface area contributed by atoms with E-state index in [0.717, 1.165) is 5.56 Å². The van der Waals surface area contributed by atoms with Gasteiger partial charge in [0.05, 0.1) is 17.1 Å². The molecule has 0 bridgehead atoms. The minimum absolute atomic E-state index is 0.0403. The van der Waals surface area contributed by atoms with Gasteiger partial charge in [0.2, 0.25) is 5.89 Å². The second-order valence-corrected chi connectivity index (χ2v) is 5.93. The summed E-state index contributed by atoms with van der Waals surface area (Å²) in [7, 11) is 1.57. The second-order valence-electron chi connectivity index (χ2n) is 5.93. The minimum Gasteiger partial charge on any atom is -0.449 e. The van der Waals surface area contributed by atoms with Crippen LogP contribution < -0.4 is 0 Å². The van der Waals surface area contributed by atoms with Crippen molar-refractivity contribution in [2.45, 2.75) is 19.6 Å². The molecule has 0 saturated heterocycles. The number of non-ortho nitro benzene ring substituents is 1. The van der Waals surface area contributed by atoms with Crippen LogP contribution in [0.5, 0.6) is 0 Å². The summed E-state index contributed by atoms with van der Waals surface area (Å²) in [5.74, 6) is -0.231. The Labute approximate surface area is 160 Å². The highest BCUT2D eigenvalue weighted by Crippen LogP contribution is 2.25. The maximum Gasteiger partial charge on any atom is 0.338 e. The average molecular weight is 383 g/mol. The summed E-state index contributed by atoms with van der Waals surface area (Å²) < 4.78 is 16.0. The van der Waals surface area contributed by atoms with Gasteiger partial charge in [-0.1, -0.05) is 12.1 Å².